The second-order valence-corrected chi connectivity index (χ2v) is 6.44. The highest BCUT2D eigenvalue weighted by molar-refractivity contribution is 5.45. The molecule has 0 bridgehead atoms. The van der Waals surface area contributed by atoms with E-state index in [0.29, 0.717) is 6.04 Å². The lowest BCUT2D eigenvalue weighted by molar-refractivity contribution is 0.236. The quantitative estimate of drug-likeness (QED) is 0.712. The maximum atomic E-state index is 5.43. The molecule has 1 atom stereocenters. The molecule has 4 rings (SSSR count). The fraction of sp³-hybridized carbons (Fsp3) is 0.368. The largest absolute Gasteiger partial charge is 0.497 e. The summed E-state index contributed by atoms with van der Waals surface area (Å²) in [4.78, 5) is 2.46. The van der Waals surface area contributed by atoms with E-state index in [-0.39, 0.29) is 0 Å². The van der Waals surface area contributed by atoms with Crippen molar-refractivity contribution in [2.45, 2.75) is 32.4 Å². The van der Waals surface area contributed by atoms with Gasteiger partial charge >= 0.3 is 0 Å². The van der Waals surface area contributed by atoms with Crippen LogP contribution in [-0.2, 0) is 6.54 Å². The molecule has 6 nitrogen and oxygen atoms in total. The first-order valence-corrected chi connectivity index (χ1v) is 8.59. The molecule has 0 amide bonds. The van der Waals surface area contributed by atoms with Crippen LogP contribution in [-0.4, -0.2) is 33.5 Å². The molecule has 0 N–H and O–H groups in total. The Kier molecular flexibility index (Phi) is 4.28. The fourth-order valence-corrected chi connectivity index (χ4v) is 3.56. The van der Waals surface area contributed by atoms with Crippen LogP contribution >= 0.6 is 0 Å². The van der Waals surface area contributed by atoms with Crippen LogP contribution < -0.4 is 4.74 Å². The Bertz CT molecular complexity index is 841. The molecule has 25 heavy (non-hydrogen) atoms. The summed E-state index contributed by atoms with van der Waals surface area (Å²) in [6, 6.07) is 10.4. The maximum absolute atomic E-state index is 5.43. The number of nitrogens with zero attached hydrogens (tertiary/aromatic N) is 4. The van der Waals surface area contributed by atoms with Crippen molar-refractivity contribution in [3.63, 3.8) is 0 Å². The number of likely N-dealkylation sites (tertiary alicyclic amines) is 1. The number of methoxy groups -OCH3 is 1. The van der Waals surface area contributed by atoms with Gasteiger partial charge in [-0.25, -0.2) is 4.68 Å². The minimum atomic E-state index is 0.300. The predicted molar refractivity (Wildman–Crippen MR) is 93.7 cm³/mol. The summed E-state index contributed by atoms with van der Waals surface area (Å²) in [6.07, 6.45) is 6.03. The predicted octanol–water partition coefficient (Wildman–Crippen LogP) is 3.51. The summed E-state index contributed by atoms with van der Waals surface area (Å²) in [6.45, 7) is 3.81. The molecule has 1 saturated heterocycles. The van der Waals surface area contributed by atoms with E-state index < -0.39 is 0 Å². The smallest absolute Gasteiger partial charge is 0.133 e. The van der Waals surface area contributed by atoms with Gasteiger partial charge in [0.25, 0.3) is 0 Å². The zero-order chi connectivity index (χ0) is 17.2. The molecular formula is C19H22N4O2. The zero-order valence-electron chi connectivity index (χ0n) is 14.6. The van der Waals surface area contributed by atoms with Crippen molar-refractivity contribution >= 4 is 0 Å². The van der Waals surface area contributed by atoms with E-state index in [2.05, 4.69) is 27.3 Å². The fourth-order valence-electron chi connectivity index (χ4n) is 3.56. The Hall–Kier alpha value is -2.60. The molecular weight excluding hydrogens is 316 g/mol. The van der Waals surface area contributed by atoms with E-state index in [1.54, 1.807) is 13.3 Å². The third kappa shape index (κ3) is 3.17. The van der Waals surface area contributed by atoms with Gasteiger partial charge in [0.05, 0.1) is 18.8 Å². The van der Waals surface area contributed by atoms with Gasteiger partial charge in [-0.2, -0.15) is 5.10 Å². The average molecular weight is 338 g/mol. The second-order valence-electron chi connectivity index (χ2n) is 6.44. The van der Waals surface area contributed by atoms with Gasteiger partial charge in [-0.15, -0.1) is 0 Å². The molecule has 3 heterocycles. The van der Waals surface area contributed by atoms with Gasteiger partial charge in [-0.05, 0) is 56.1 Å². The highest BCUT2D eigenvalue weighted by Crippen LogP contribution is 2.34. The van der Waals surface area contributed by atoms with Crippen molar-refractivity contribution in [2.24, 2.45) is 0 Å². The van der Waals surface area contributed by atoms with Crippen molar-refractivity contribution in [3.05, 3.63) is 59.7 Å². The Balaban J connectivity index is 1.65. The number of aryl methyl sites for hydroxylation is 1. The van der Waals surface area contributed by atoms with Crippen molar-refractivity contribution < 1.29 is 9.26 Å². The summed E-state index contributed by atoms with van der Waals surface area (Å²) in [5.41, 5.74) is 3.29. The second kappa shape index (κ2) is 6.72. The van der Waals surface area contributed by atoms with Crippen LogP contribution in [0.15, 0.2) is 47.2 Å². The Labute approximate surface area is 147 Å². The van der Waals surface area contributed by atoms with Crippen LogP contribution in [0.25, 0.3) is 5.69 Å². The minimum Gasteiger partial charge on any atom is -0.497 e. The van der Waals surface area contributed by atoms with Crippen LogP contribution in [0.3, 0.4) is 0 Å². The lowest BCUT2D eigenvalue weighted by atomic mass is 10.1. The van der Waals surface area contributed by atoms with E-state index >= 15 is 0 Å². The van der Waals surface area contributed by atoms with Gasteiger partial charge in [0.2, 0.25) is 0 Å². The molecule has 0 spiro atoms. The standard InChI is InChI=1S/C19H22N4O2/c1-14-11-17(21-25-14)19-5-3-9-22(19)13-15-12-16(24-2)6-7-18(15)23-10-4-8-20-23/h4,6-8,10-12,19H,3,5,9,13H2,1-2H3/t19-/m0/s1. The molecule has 1 fully saturated rings. The molecule has 0 radical (unpaired) electrons. The highest BCUT2D eigenvalue weighted by Gasteiger charge is 2.29. The number of aromatic nitrogens is 3. The van der Waals surface area contributed by atoms with Crippen LogP contribution in [0, 0.1) is 6.92 Å². The number of rotatable bonds is 5. The Morgan fingerprint density at radius 3 is 2.96 bits per heavy atom. The third-order valence-electron chi connectivity index (χ3n) is 4.76. The first kappa shape index (κ1) is 15.9. The van der Waals surface area contributed by atoms with E-state index in [1.807, 2.05) is 36.0 Å². The minimum absolute atomic E-state index is 0.300. The van der Waals surface area contributed by atoms with Crippen molar-refractivity contribution in [1.82, 2.24) is 19.8 Å². The van der Waals surface area contributed by atoms with Gasteiger partial charge < -0.3 is 9.26 Å². The number of ether oxygens (including phenoxy) is 1. The van der Waals surface area contributed by atoms with Crippen LogP contribution in [0.4, 0.5) is 0 Å². The van der Waals surface area contributed by atoms with E-state index in [4.69, 9.17) is 9.26 Å². The molecule has 3 aromatic rings. The molecule has 0 aliphatic carbocycles. The van der Waals surface area contributed by atoms with Gasteiger partial charge in [0, 0.05) is 25.0 Å². The van der Waals surface area contributed by atoms with Crippen molar-refractivity contribution in [3.8, 4) is 11.4 Å². The summed E-state index contributed by atoms with van der Waals surface area (Å²) in [5, 5.41) is 8.62. The van der Waals surface area contributed by atoms with Crippen LogP contribution in [0.5, 0.6) is 5.75 Å². The lowest BCUT2D eigenvalue weighted by Gasteiger charge is -2.24. The van der Waals surface area contributed by atoms with E-state index in [1.165, 1.54) is 5.56 Å². The van der Waals surface area contributed by atoms with Crippen LogP contribution in [0.1, 0.15) is 35.9 Å². The van der Waals surface area contributed by atoms with Crippen molar-refractivity contribution in [2.75, 3.05) is 13.7 Å². The average Bonchev–Trinajstić information content (AvgIpc) is 3.36. The zero-order valence-corrected chi connectivity index (χ0v) is 14.6. The molecule has 0 saturated carbocycles. The number of hydrogen-bond donors (Lipinski definition) is 0. The Morgan fingerprint density at radius 2 is 2.24 bits per heavy atom. The summed E-state index contributed by atoms with van der Waals surface area (Å²) >= 11 is 0. The SMILES string of the molecule is COc1ccc(-n2cccn2)c(CN2CCC[C@H]2c2cc(C)on2)c1. The normalized spacial score (nSPS) is 17.9. The van der Waals surface area contributed by atoms with Crippen molar-refractivity contribution in [1.29, 1.82) is 0 Å². The molecule has 1 aromatic carbocycles. The Morgan fingerprint density at radius 1 is 1.32 bits per heavy atom. The first-order valence-electron chi connectivity index (χ1n) is 8.59. The van der Waals surface area contributed by atoms with Gasteiger partial charge in [-0.1, -0.05) is 5.16 Å². The third-order valence-corrected chi connectivity index (χ3v) is 4.76. The lowest BCUT2D eigenvalue weighted by Crippen LogP contribution is -2.24. The first-order chi connectivity index (χ1) is 12.2. The monoisotopic (exact) mass is 338 g/mol. The number of benzene rings is 1. The summed E-state index contributed by atoms with van der Waals surface area (Å²) < 4.78 is 12.6. The molecule has 2 aromatic heterocycles. The van der Waals surface area contributed by atoms with Crippen LogP contribution in [0.2, 0.25) is 0 Å². The molecule has 0 unspecified atom stereocenters. The van der Waals surface area contributed by atoms with Gasteiger partial charge in [0.1, 0.15) is 17.2 Å². The summed E-state index contributed by atoms with van der Waals surface area (Å²) in [7, 11) is 1.70. The topological polar surface area (TPSA) is 56.3 Å². The van der Waals surface area contributed by atoms with Gasteiger partial charge in [-0.3, -0.25) is 4.90 Å². The maximum Gasteiger partial charge on any atom is 0.133 e. The molecule has 1 aliphatic heterocycles. The molecule has 6 heteroatoms. The van der Waals surface area contributed by atoms with E-state index in [0.717, 1.165) is 48.8 Å². The van der Waals surface area contributed by atoms with E-state index in [9.17, 15) is 0 Å². The highest BCUT2D eigenvalue weighted by atomic mass is 16.5. The molecule has 130 valence electrons. The molecule has 1 aliphatic rings. The van der Waals surface area contributed by atoms with Gasteiger partial charge in [0.15, 0.2) is 0 Å². The number of hydrogen-bond acceptors (Lipinski definition) is 5. The summed E-state index contributed by atoms with van der Waals surface area (Å²) in [5.74, 6) is 1.72.